The number of carbonyl (C=O) groups is 2. The molecule has 1 aliphatic heterocycles. The van der Waals surface area contributed by atoms with Crippen molar-refractivity contribution in [3.63, 3.8) is 0 Å². The minimum absolute atomic E-state index is 0.00195. The molecule has 150 valence electrons. The van der Waals surface area contributed by atoms with Crippen LogP contribution in [-0.2, 0) is 22.8 Å². The standard InChI is InChI=1S/C19H23N3O4S2/c1-3-22-10-9-14-15(11-22)27-19(16(14)17(20)23)21-18(24)12-5-7-13(8-6-12)28(25,26)4-2/h5-8H,3-4,9-11H2,1-2H3,(H2,20,23)(H,21,24)/p+1. The molecule has 7 nitrogen and oxygen atoms in total. The molecular formula is C19H24N3O4S2+. The van der Waals surface area contributed by atoms with E-state index in [0.29, 0.717) is 16.1 Å². The van der Waals surface area contributed by atoms with E-state index in [4.69, 9.17) is 5.73 Å². The average Bonchev–Trinajstić information content (AvgIpc) is 3.04. The zero-order valence-electron chi connectivity index (χ0n) is 15.9. The number of benzene rings is 1. The van der Waals surface area contributed by atoms with Gasteiger partial charge in [0.2, 0.25) is 0 Å². The molecule has 0 fully saturated rings. The summed E-state index contributed by atoms with van der Waals surface area (Å²) in [4.78, 5) is 27.3. The Bertz CT molecular complexity index is 1010. The number of carbonyl (C=O) groups excluding carboxylic acids is 2. The first kappa shape index (κ1) is 20.5. The Balaban J connectivity index is 1.86. The number of anilines is 1. The van der Waals surface area contributed by atoms with Gasteiger partial charge in [-0.1, -0.05) is 6.92 Å². The van der Waals surface area contributed by atoms with Crippen molar-refractivity contribution in [2.24, 2.45) is 5.73 Å². The first-order valence-electron chi connectivity index (χ1n) is 9.18. The van der Waals surface area contributed by atoms with Crippen molar-refractivity contribution in [2.75, 3.05) is 24.2 Å². The fourth-order valence-electron chi connectivity index (χ4n) is 3.34. The van der Waals surface area contributed by atoms with Crippen LogP contribution in [0.1, 0.15) is 45.0 Å². The van der Waals surface area contributed by atoms with E-state index in [1.54, 1.807) is 6.92 Å². The van der Waals surface area contributed by atoms with Crippen LogP contribution < -0.4 is 16.0 Å². The Hall–Kier alpha value is -2.23. The van der Waals surface area contributed by atoms with E-state index < -0.39 is 21.7 Å². The molecule has 1 atom stereocenters. The van der Waals surface area contributed by atoms with E-state index in [0.717, 1.165) is 36.5 Å². The molecule has 0 saturated carbocycles. The lowest BCUT2D eigenvalue weighted by atomic mass is 10.0. The van der Waals surface area contributed by atoms with E-state index in [9.17, 15) is 18.0 Å². The van der Waals surface area contributed by atoms with Gasteiger partial charge in [-0.3, -0.25) is 9.59 Å². The number of primary amides is 1. The second-order valence-corrected chi connectivity index (χ2v) is 10.1. The van der Waals surface area contributed by atoms with Crippen molar-refractivity contribution < 1.29 is 22.9 Å². The summed E-state index contributed by atoms with van der Waals surface area (Å²) in [5.74, 6) is -0.948. The summed E-state index contributed by atoms with van der Waals surface area (Å²) in [6.45, 7) is 6.44. The second kappa shape index (κ2) is 8.02. The van der Waals surface area contributed by atoms with Crippen LogP contribution >= 0.6 is 11.3 Å². The van der Waals surface area contributed by atoms with Crippen molar-refractivity contribution in [1.82, 2.24) is 0 Å². The van der Waals surface area contributed by atoms with E-state index in [1.807, 2.05) is 0 Å². The number of sulfone groups is 1. The average molecular weight is 423 g/mol. The molecule has 1 unspecified atom stereocenters. The number of hydrogen-bond acceptors (Lipinski definition) is 5. The monoisotopic (exact) mass is 422 g/mol. The molecule has 0 saturated heterocycles. The number of quaternary nitrogens is 1. The molecule has 1 aromatic carbocycles. The molecule has 1 aliphatic rings. The van der Waals surface area contributed by atoms with E-state index in [2.05, 4.69) is 12.2 Å². The van der Waals surface area contributed by atoms with Gasteiger partial charge < -0.3 is 16.0 Å². The van der Waals surface area contributed by atoms with Crippen LogP contribution in [0.3, 0.4) is 0 Å². The molecule has 0 aliphatic carbocycles. The lowest BCUT2D eigenvalue weighted by Crippen LogP contribution is -3.11. The highest BCUT2D eigenvalue weighted by Gasteiger charge is 2.29. The van der Waals surface area contributed by atoms with Crippen LogP contribution in [0.2, 0.25) is 0 Å². The smallest absolute Gasteiger partial charge is 0.256 e. The highest BCUT2D eigenvalue weighted by atomic mass is 32.2. The van der Waals surface area contributed by atoms with E-state index >= 15 is 0 Å². The van der Waals surface area contributed by atoms with Crippen LogP contribution in [0.25, 0.3) is 0 Å². The fraction of sp³-hybridized carbons (Fsp3) is 0.368. The van der Waals surface area contributed by atoms with Crippen LogP contribution in [0.5, 0.6) is 0 Å². The van der Waals surface area contributed by atoms with Gasteiger partial charge in [0.1, 0.15) is 11.5 Å². The summed E-state index contributed by atoms with van der Waals surface area (Å²) in [6.07, 6.45) is 0.757. The number of hydrogen-bond donors (Lipinski definition) is 3. The maximum atomic E-state index is 12.6. The highest BCUT2D eigenvalue weighted by molar-refractivity contribution is 7.91. The summed E-state index contributed by atoms with van der Waals surface area (Å²) >= 11 is 1.39. The van der Waals surface area contributed by atoms with Gasteiger partial charge in [0.15, 0.2) is 9.84 Å². The summed E-state index contributed by atoms with van der Waals surface area (Å²) in [7, 11) is -3.32. The Kier molecular flexibility index (Phi) is 5.87. The SMILES string of the molecule is CC[NH+]1CCc2c(sc(NC(=O)c3ccc(S(=O)(=O)CC)cc3)c2C(N)=O)C1. The minimum Gasteiger partial charge on any atom is -0.365 e. The molecule has 0 bridgehead atoms. The number of nitrogens with one attached hydrogen (secondary N) is 2. The molecule has 2 aromatic rings. The second-order valence-electron chi connectivity index (χ2n) is 6.73. The number of fused-ring (bicyclic) bond motifs is 1. The van der Waals surface area contributed by atoms with Gasteiger partial charge in [-0.2, -0.15) is 0 Å². The van der Waals surface area contributed by atoms with Gasteiger partial charge in [0.25, 0.3) is 11.8 Å². The number of amides is 2. The predicted molar refractivity (Wildman–Crippen MR) is 109 cm³/mol. The van der Waals surface area contributed by atoms with E-state index in [1.165, 1.54) is 40.5 Å². The first-order valence-corrected chi connectivity index (χ1v) is 11.7. The largest absolute Gasteiger partial charge is 0.365 e. The Morgan fingerprint density at radius 1 is 1.21 bits per heavy atom. The molecule has 9 heteroatoms. The molecule has 2 heterocycles. The lowest BCUT2D eigenvalue weighted by molar-refractivity contribution is -0.913. The van der Waals surface area contributed by atoms with Crippen molar-refractivity contribution in [3.05, 3.63) is 45.8 Å². The van der Waals surface area contributed by atoms with Gasteiger partial charge in [-0.25, -0.2) is 8.42 Å². The molecule has 4 N–H and O–H groups in total. The maximum Gasteiger partial charge on any atom is 0.256 e. The molecule has 2 amide bonds. The summed E-state index contributed by atoms with van der Waals surface area (Å²) in [5, 5.41) is 3.25. The summed E-state index contributed by atoms with van der Waals surface area (Å²) in [5.41, 5.74) is 7.24. The van der Waals surface area contributed by atoms with Gasteiger partial charge in [-0.05, 0) is 36.8 Å². The quantitative estimate of drug-likeness (QED) is 0.641. The molecule has 28 heavy (non-hydrogen) atoms. The van der Waals surface area contributed by atoms with Gasteiger partial charge in [0, 0.05) is 12.0 Å². The number of thiophene rings is 1. The molecule has 0 radical (unpaired) electrons. The fourth-order valence-corrected chi connectivity index (χ4v) is 5.55. The van der Waals surface area contributed by atoms with Crippen molar-refractivity contribution in [2.45, 2.75) is 31.7 Å². The summed E-state index contributed by atoms with van der Waals surface area (Å²) < 4.78 is 23.8. The topological polar surface area (TPSA) is 111 Å². The number of likely N-dealkylation sites (N-methyl/N-ethyl adjacent to an activating group) is 1. The van der Waals surface area contributed by atoms with E-state index in [-0.39, 0.29) is 10.6 Å². The van der Waals surface area contributed by atoms with Crippen LogP contribution in [-0.4, -0.2) is 39.1 Å². The summed E-state index contributed by atoms with van der Waals surface area (Å²) in [6, 6.07) is 5.78. The Morgan fingerprint density at radius 3 is 2.46 bits per heavy atom. The van der Waals surface area contributed by atoms with Crippen LogP contribution in [0.4, 0.5) is 5.00 Å². The Morgan fingerprint density at radius 2 is 1.89 bits per heavy atom. The lowest BCUT2D eigenvalue weighted by Gasteiger charge is -2.22. The van der Waals surface area contributed by atoms with Gasteiger partial charge in [0.05, 0.1) is 34.2 Å². The van der Waals surface area contributed by atoms with Crippen molar-refractivity contribution >= 4 is 38.0 Å². The first-order chi connectivity index (χ1) is 13.3. The van der Waals surface area contributed by atoms with Crippen LogP contribution in [0.15, 0.2) is 29.2 Å². The highest BCUT2D eigenvalue weighted by Crippen LogP contribution is 2.34. The molecule has 0 spiro atoms. The zero-order chi connectivity index (χ0) is 20.5. The Labute approximate surface area is 168 Å². The minimum atomic E-state index is -3.32. The molecule has 3 rings (SSSR count). The van der Waals surface area contributed by atoms with Gasteiger partial charge in [-0.15, -0.1) is 11.3 Å². The van der Waals surface area contributed by atoms with Crippen LogP contribution in [0, 0.1) is 0 Å². The van der Waals surface area contributed by atoms with Gasteiger partial charge >= 0.3 is 0 Å². The van der Waals surface area contributed by atoms with Crippen molar-refractivity contribution in [3.8, 4) is 0 Å². The number of rotatable bonds is 6. The third kappa shape index (κ3) is 3.96. The predicted octanol–water partition coefficient (Wildman–Crippen LogP) is 0.854. The third-order valence-corrected chi connectivity index (χ3v) is 7.96. The number of nitrogens with two attached hydrogens (primary N) is 1. The zero-order valence-corrected chi connectivity index (χ0v) is 17.5. The normalized spacial score (nSPS) is 16.4. The maximum absolute atomic E-state index is 12.6. The molecular weight excluding hydrogens is 398 g/mol. The third-order valence-electron chi connectivity index (χ3n) is 5.06. The molecule has 1 aromatic heterocycles. The van der Waals surface area contributed by atoms with Crippen molar-refractivity contribution in [1.29, 1.82) is 0 Å².